The highest BCUT2D eigenvalue weighted by atomic mass is 32.2. The number of rotatable bonds is 13. The lowest BCUT2D eigenvalue weighted by atomic mass is 10.1. The van der Waals surface area contributed by atoms with Crippen LogP contribution in [-0.4, -0.2) is 74.9 Å². The topological polar surface area (TPSA) is 105 Å². The van der Waals surface area contributed by atoms with Crippen molar-refractivity contribution < 1.29 is 31.9 Å². The molecule has 2 amide bonds. The van der Waals surface area contributed by atoms with Crippen LogP contribution in [0.2, 0.25) is 0 Å². The molecule has 0 aliphatic carbocycles. The SMILES string of the molecule is CCCCCNC(=O)C(C)N(Cc1ccc(F)cc1)C(=O)COc1ccc(S(=O)(=O)N2CCOCC2)cc1. The Labute approximate surface area is 224 Å². The standard InChI is InChI=1S/C27H36FN3O6S/c1-3-4-5-14-29-27(33)21(2)31(19-22-6-8-23(28)9-7-22)26(32)20-37-24-10-12-25(13-11-24)38(34,35)30-15-17-36-18-16-30/h6-13,21H,3-5,14-20H2,1-2H3,(H,29,33). The van der Waals surface area contributed by atoms with Gasteiger partial charge in [-0.1, -0.05) is 31.9 Å². The van der Waals surface area contributed by atoms with Crippen LogP contribution >= 0.6 is 0 Å². The van der Waals surface area contributed by atoms with Gasteiger partial charge >= 0.3 is 0 Å². The van der Waals surface area contributed by atoms with Gasteiger partial charge in [0.2, 0.25) is 15.9 Å². The molecule has 0 radical (unpaired) electrons. The van der Waals surface area contributed by atoms with Gasteiger partial charge in [0.1, 0.15) is 17.6 Å². The first-order valence-corrected chi connectivity index (χ1v) is 14.3. The Morgan fingerprint density at radius 3 is 2.37 bits per heavy atom. The van der Waals surface area contributed by atoms with Crippen LogP contribution in [0.1, 0.15) is 38.7 Å². The number of benzene rings is 2. The van der Waals surface area contributed by atoms with Gasteiger partial charge in [-0.05, 0) is 55.3 Å². The summed E-state index contributed by atoms with van der Waals surface area (Å²) < 4.78 is 51.2. The third-order valence-electron chi connectivity index (χ3n) is 6.31. The van der Waals surface area contributed by atoms with Crippen molar-refractivity contribution >= 4 is 21.8 Å². The van der Waals surface area contributed by atoms with Crippen LogP contribution in [0.4, 0.5) is 4.39 Å². The molecule has 2 aromatic carbocycles. The maximum atomic E-state index is 13.4. The summed E-state index contributed by atoms with van der Waals surface area (Å²) in [5.41, 5.74) is 0.669. The van der Waals surface area contributed by atoms with Gasteiger partial charge in [0.05, 0.1) is 18.1 Å². The van der Waals surface area contributed by atoms with Gasteiger partial charge in [-0.3, -0.25) is 9.59 Å². The van der Waals surface area contributed by atoms with Crippen molar-refractivity contribution in [2.24, 2.45) is 0 Å². The van der Waals surface area contributed by atoms with E-state index in [0.717, 1.165) is 19.3 Å². The second-order valence-corrected chi connectivity index (χ2v) is 11.0. The van der Waals surface area contributed by atoms with E-state index in [1.165, 1.54) is 45.6 Å². The Morgan fingerprint density at radius 1 is 1.08 bits per heavy atom. The van der Waals surface area contributed by atoms with E-state index in [0.29, 0.717) is 44.2 Å². The average Bonchev–Trinajstić information content (AvgIpc) is 2.94. The van der Waals surface area contributed by atoms with Crippen molar-refractivity contribution in [1.82, 2.24) is 14.5 Å². The summed E-state index contributed by atoms with van der Waals surface area (Å²) >= 11 is 0. The summed E-state index contributed by atoms with van der Waals surface area (Å²) in [6, 6.07) is 10.8. The quantitative estimate of drug-likeness (QED) is 0.385. The molecular formula is C27H36FN3O6S. The van der Waals surface area contributed by atoms with Crippen molar-refractivity contribution in [3.63, 3.8) is 0 Å². The molecule has 3 rings (SSSR count). The number of ether oxygens (including phenoxy) is 2. The Kier molecular flexibility index (Phi) is 11.1. The molecule has 1 fully saturated rings. The summed E-state index contributed by atoms with van der Waals surface area (Å²) in [5.74, 6) is -0.793. The monoisotopic (exact) mass is 549 g/mol. The predicted octanol–water partition coefficient (Wildman–Crippen LogP) is 2.95. The lowest BCUT2D eigenvalue weighted by Crippen LogP contribution is -2.49. The molecule has 1 aliphatic rings. The predicted molar refractivity (Wildman–Crippen MR) is 140 cm³/mol. The van der Waals surface area contributed by atoms with E-state index >= 15 is 0 Å². The number of sulfonamides is 1. The zero-order valence-electron chi connectivity index (χ0n) is 21.9. The van der Waals surface area contributed by atoms with Gasteiger partial charge in [-0.25, -0.2) is 12.8 Å². The third kappa shape index (κ3) is 8.24. The number of amides is 2. The number of carbonyl (C=O) groups excluding carboxylic acids is 2. The molecule has 1 saturated heterocycles. The van der Waals surface area contributed by atoms with Crippen LogP contribution in [0.15, 0.2) is 53.4 Å². The van der Waals surface area contributed by atoms with E-state index in [9.17, 15) is 22.4 Å². The first-order chi connectivity index (χ1) is 18.2. The van der Waals surface area contributed by atoms with E-state index in [4.69, 9.17) is 9.47 Å². The lowest BCUT2D eigenvalue weighted by Gasteiger charge is -2.29. The first-order valence-electron chi connectivity index (χ1n) is 12.8. The minimum absolute atomic E-state index is 0.1000. The van der Waals surface area contributed by atoms with Gasteiger partial charge in [0, 0.05) is 26.2 Å². The van der Waals surface area contributed by atoms with Crippen LogP contribution in [0.3, 0.4) is 0 Å². The summed E-state index contributed by atoms with van der Waals surface area (Å²) in [7, 11) is -3.64. The molecular weight excluding hydrogens is 513 g/mol. The summed E-state index contributed by atoms with van der Waals surface area (Å²) in [6.45, 7) is 5.27. The number of hydrogen-bond acceptors (Lipinski definition) is 6. The number of nitrogens with zero attached hydrogens (tertiary/aromatic N) is 2. The van der Waals surface area contributed by atoms with Crippen molar-refractivity contribution in [2.45, 2.75) is 50.6 Å². The van der Waals surface area contributed by atoms with Crippen molar-refractivity contribution in [1.29, 1.82) is 0 Å². The van der Waals surface area contributed by atoms with Crippen LogP contribution in [-0.2, 0) is 30.9 Å². The fraction of sp³-hybridized carbons (Fsp3) is 0.481. The molecule has 0 spiro atoms. The van der Waals surface area contributed by atoms with Crippen molar-refractivity contribution in [2.75, 3.05) is 39.5 Å². The maximum absolute atomic E-state index is 13.4. The molecule has 11 heteroatoms. The minimum Gasteiger partial charge on any atom is -0.484 e. The minimum atomic E-state index is -3.64. The van der Waals surface area contributed by atoms with Crippen molar-refractivity contribution in [3.8, 4) is 5.75 Å². The molecule has 2 aromatic rings. The largest absolute Gasteiger partial charge is 0.484 e. The molecule has 1 heterocycles. The molecule has 0 bridgehead atoms. The molecule has 0 aromatic heterocycles. The molecule has 1 unspecified atom stereocenters. The van der Waals surface area contributed by atoms with Gasteiger partial charge < -0.3 is 19.7 Å². The van der Waals surface area contributed by atoms with Crippen molar-refractivity contribution in [3.05, 3.63) is 59.9 Å². The highest BCUT2D eigenvalue weighted by molar-refractivity contribution is 7.89. The summed E-state index contributed by atoms with van der Waals surface area (Å²) in [6.07, 6.45) is 2.87. The lowest BCUT2D eigenvalue weighted by molar-refractivity contribution is -0.142. The summed E-state index contributed by atoms with van der Waals surface area (Å²) in [4.78, 5) is 27.5. The fourth-order valence-electron chi connectivity index (χ4n) is 3.98. The van der Waals surface area contributed by atoms with Gasteiger partial charge in [-0.15, -0.1) is 0 Å². The normalized spacial score (nSPS) is 15.0. The molecule has 1 N–H and O–H groups in total. The van der Waals surface area contributed by atoms with E-state index < -0.39 is 27.8 Å². The Hall–Kier alpha value is -3.02. The van der Waals surface area contributed by atoms with Gasteiger partial charge in [-0.2, -0.15) is 4.31 Å². The zero-order chi connectivity index (χ0) is 27.5. The van der Waals surface area contributed by atoms with Crippen LogP contribution < -0.4 is 10.1 Å². The molecule has 1 atom stereocenters. The third-order valence-corrected chi connectivity index (χ3v) is 8.22. The van der Waals surface area contributed by atoms with E-state index in [2.05, 4.69) is 12.2 Å². The highest BCUT2D eigenvalue weighted by Gasteiger charge is 2.28. The molecule has 1 aliphatic heterocycles. The smallest absolute Gasteiger partial charge is 0.261 e. The van der Waals surface area contributed by atoms with Crippen LogP contribution in [0.25, 0.3) is 0 Å². The van der Waals surface area contributed by atoms with Crippen LogP contribution in [0, 0.1) is 5.82 Å². The number of morpholine rings is 1. The second-order valence-electron chi connectivity index (χ2n) is 9.10. The first kappa shape index (κ1) is 29.5. The Bertz CT molecular complexity index is 1150. The Morgan fingerprint density at radius 2 is 1.74 bits per heavy atom. The number of nitrogens with one attached hydrogen (secondary N) is 1. The van der Waals surface area contributed by atoms with E-state index in [1.807, 2.05) is 0 Å². The number of carbonyl (C=O) groups is 2. The molecule has 9 nitrogen and oxygen atoms in total. The second kappa shape index (κ2) is 14.2. The molecule has 38 heavy (non-hydrogen) atoms. The number of halogens is 1. The van der Waals surface area contributed by atoms with E-state index in [-0.39, 0.29) is 24.0 Å². The zero-order valence-corrected chi connectivity index (χ0v) is 22.7. The van der Waals surface area contributed by atoms with Gasteiger partial charge in [0.25, 0.3) is 5.91 Å². The van der Waals surface area contributed by atoms with Gasteiger partial charge in [0.15, 0.2) is 6.61 Å². The molecule has 208 valence electrons. The maximum Gasteiger partial charge on any atom is 0.261 e. The number of unbranched alkanes of at least 4 members (excludes halogenated alkanes) is 2. The molecule has 0 saturated carbocycles. The average molecular weight is 550 g/mol. The highest BCUT2D eigenvalue weighted by Crippen LogP contribution is 2.21. The number of hydrogen-bond donors (Lipinski definition) is 1. The fourth-order valence-corrected chi connectivity index (χ4v) is 5.38. The van der Waals surface area contributed by atoms with Crippen LogP contribution in [0.5, 0.6) is 5.75 Å². The Balaban J connectivity index is 1.65. The van der Waals surface area contributed by atoms with E-state index in [1.54, 1.807) is 19.1 Å². The summed E-state index contributed by atoms with van der Waals surface area (Å²) in [5, 5.41) is 2.87.